The lowest BCUT2D eigenvalue weighted by Crippen LogP contribution is -2.45. The minimum Gasteiger partial charge on any atom is -0.379 e. The summed E-state index contributed by atoms with van der Waals surface area (Å²) in [6, 6.07) is 5.74. The number of rotatable bonds is 8. The number of nitrogens with one attached hydrogen (secondary N) is 2. The zero-order valence-electron chi connectivity index (χ0n) is 18.7. The SMILES string of the molecule is CN=C(NCCCCN1CCOCC1)NC1CCN(Cc2ccc(C(F)(F)F)cc2)C1.I. The van der Waals surface area contributed by atoms with Gasteiger partial charge in [-0.05, 0) is 43.5 Å². The summed E-state index contributed by atoms with van der Waals surface area (Å²) in [5.41, 5.74) is 0.299. The van der Waals surface area contributed by atoms with Crippen molar-refractivity contribution in [1.29, 1.82) is 0 Å². The van der Waals surface area contributed by atoms with Gasteiger partial charge in [-0.2, -0.15) is 13.2 Å². The van der Waals surface area contributed by atoms with Gasteiger partial charge in [0, 0.05) is 52.4 Å². The predicted molar refractivity (Wildman–Crippen MR) is 132 cm³/mol. The number of ether oxygens (including phenoxy) is 1. The number of halogens is 4. The van der Waals surface area contributed by atoms with Gasteiger partial charge in [0.25, 0.3) is 0 Å². The molecule has 1 aromatic rings. The molecule has 1 atom stereocenters. The molecule has 1 unspecified atom stereocenters. The first-order chi connectivity index (χ1) is 14.9. The quantitative estimate of drug-likeness (QED) is 0.218. The molecular weight excluding hydrogens is 534 g/mol. The van der Waals surface area contributed by atoms with Crippen LogP contribution >= 0.6 is 24.0 Å². The standard InChI is InChI=1S/C22H34F3N5O.HI/c1-26-21(27-9-2-3-10-29-12-14-31-15-13-29)28-20-8-11-30(17-20)16-18-4-6-19(7-5-18)22(23,24)25;/h4-7,20H,2-3,8-17H2,1H3,(H2,26,27,28);1H. The van der Waals surface area contributed by atoms with Crippen LogP contribution in [0.3, 0.4) is 0 Å². The van der Waals surface area contributed by atoms with Crippen LogP contribution in [0.4, 0.5) is 13.2 Å². The van der Waals surface area contributed by atoms with E-state index in [1.807, 2.05) is 0 Å². The van der Waals surface area contributed by atoms with Gasteiger partial charge in [0.2, 0.25) is 0 Å². The molecule has 0 aliphatic carbocycles. The molecule has 2 aliphatic rings. The van der Waals surface area contributed by atoms with Crippen LogP contribution in [0.2, 0.25) is 0 Å². The highest BCUT2D eigenvalue weighted by atomic mass is 127. The van der Waals surface area contributed by atoms with Gasteiger partial charge in [-0.25, -0.2) is 0 Å². The second-order valence-electron chi connectivity index (χ2n) is 8.22. The summed E-state index contributed by atoms with van der Waals surface area (Å²) >= 11 is 0. The van der Waals surface area contributed by atoms with E-state index in [1.54, 1.807) is 19.2 Å². The lowest BCUT2D eigenvalue weighted by Gasteiger charge is -2.26. The molecule has 3 rings (SSSR count). The van der Waals surface area contributed by atoms with Crippen LogP contribution in [0.15, 0.2) is 29.3 Å². The molecule has 0 bridgehead atoms. The van der Waals surface area contributed by atoms with Crippen LogP contribution in [0.25, 0.3) is 0 Å². The van der Waals surface area contributed by atoms with Crippen molar-refractivity contribution in [3.63, 3.8) is 0 Å². The van der Waals surface area contributed by atoms with Crippen LogP contribution in [-0.4, -0.2) is 81.3 Å². The highest BCUT2D eigenvalue weighted by Gasteiger charge is 2.30. The lowest BCUT2D eigenvalue weighted by atomic mass is 10.1. The van der Waals surface area contributed by atoms with Crippen LogP contribution in [0.5, 0.6) is 0 Å². The van der Waals surface area contributed by atoms with Crippen molar-refractivity contribution in [2.24, 2.45) is 4.99 Å². The predicted octanol–water partition coefficient (Wildman–Crippen LogP) is 3.18. The van der Waals surface area contributed by atoms with E-state index in [9.17, 15) is 13.2 Å². The van der Waals surface area contributed by atoms with Crippen molar-refractivity contribution in [3.8, 4) is 0 Å². The van der Waals surface area contributed by atoms with Crippen molar-refractivity contribution in [1.82, 2.24) is 20.4 Å². The van der Waals surface area contributed by atoms with Crippen molar-refractivity contribution in [2.45, 2.75) is 38.0 Å². The molecule has 2 fully saturated rings. The minimum absolute atomic E-state index is 0. The number of guanidine groups is 1. The summed E-state index contributed by atoms with van der Waals surface area (Å²) in [7, 11) is 1.78. The average molecular weight is 569 g/mol. The third-order valence-corrected chi connectivity index (χ3v) is 5.82. The maximum absolute atomic E-state index is 12.7. The van der Waals surface area contributed by atoms with Crippen molar-refractivity contribution in [2.75, 3.05) is 59.5 Å². The molecule has 0 amide bonds. The fraction of sp³-hybridized carbons (Fsp3) is 0.682. The smallest absolute Gasteiger partial charge is 0.379 e. The van der Waals surface area contributed by atoms with E-state index in [0.717, 1.165) is 95.4 Å². The number of hydrogen-bond donors (Lipinski definition) is 2. The van der Waals surface area contributed by atoms with E-state index in [4.69, 9.17) is 4.74 Å². The molecular formula is C22H35F3IN5O. The molecule has 32 heavy (non-hydrogen) atoms. The van der Waals surface area contributed by atoms with Gasteiger partial charge in [-0.15, -0.1) is 24.0 Å². The van der Waals surface area contributed by atoms with Gasteiger partial charge in [0.05, 0.1) is 18.8 Å². The van der Waals surface area contributed by atoms with E-state index in [1.165, 1.54) is 0 Å². The Hall–Kier alpha value is -1.11. The van der Waals surface area contributed by atoms with E-state index >= 15 is 0 Å². The molecule has 0 saturated carbocycles. The second-order valence-corrected chi connectivity index (χ2v) is 8.22. The Morgan fingerprint density at radius 2 is 1.81 bits per heavy atom. The van der Waals surface area contributed by atoms with Crippen molar-refractivity contribution < 1.29 is 17.9 Å². The van der Waals surface area contributed by atoms with Gasteiger partial charge < -0.3 is 15.4 Å². The molecule has 0 radical (unpaired) electrons. The lowest BCUT2D eigenvalue weighted by molar-refractivity contribution is -0.137. The monoisotopic (exact) mass is 569 g/mol. The minimum atomic E-state index is -4.29. The molecule has 10 heteroatoms. The Kier molecular flexibility index (Phi) is 11.5. The van der Waals surface area contributed by atoms with E-state index in [-0.39, 0.29) is 30.0 Å². The van der Waals surface area contributed by atoms with Gasteiger partial charge in [0.1, 0.15) is 0 Å². The normalized spacial score (nSPS) is 20.8. The molecule has 0 spiro atoms. The van der Waals surface area contributed by atoms with E-state index in [0.29, 0.717) is 6.54 Å². The van der Waals surface area contributed by atoms with E-state index in [2.05, 4.69) is 25.4 Å². The molecule has 6 nitrogen and oxygen atoms in total. The van der Waals surface area contributed by atoms with Crippen molar-refractivity contribution in [3.05, 3.63) is 35.4 Å². The average Bonchev–Trinajstić information content (AvgIpc) is 3.20. The van der Waals surface area contributed by atoms with Crippen LogP contribution < -0.4 is 10.6 Å². The van der Waals surface area contributed by atoms with Crippen LogP contribution in [-0.2, 0) is 17.5 Å². The maximum atomic E-state index is 12.7. The molecule has 1 aromatic carbocycles. The summed E-state index contributed by atoms with van der Waals surface area (Å²) in [5.74, 6) is 0.813. The number of benzene rings is 1. The van der Waals surface area contributed by atoms with Gasteiger partial charge in [-0.1, -0.05) is 12.1 Å². The summed E-state index contributed by atoms with van der Waals surface area (Å²) < 4.78 is 43.5. The van der Waals surface area contributed by atoms with Crippen LogP contribution in [0, 0.1) is 0 Å². The number of nitrogens with zero attached hydrogens (tertiary/aromatic N) is 3. The third kappa shape index (κ3) is 9.03. The molecule has 0 aromatic heterocycles. The Labute approximate surface area is 206 Å². The van der Waals surface area contributed by atoms with Gasteiger partial charge in [-0.3, -0.25) is 14.8 Å². The zero-order valence-corrected chi connectivity index (χ0v) is 21.0. The fourth-order valence-corrected chi connectivity index (χ4v) is 4.03. The summed E-state index contributed by atoms with van der Waals surface area (Å²) in [6.45, 7) is 8.14. The van der Waals surface area contributed by atoms with Gasteiger partial charge >= 0.3 is 6.18 Å². The first-order valence-corrected chi connectivity index (χ1v) is 11.1. The topological polar surface area (TPSA) is 52.1 Å². The largest absolute Gasteiger partial charge is 0.416 e. The number of hydrogen-bond acceptors (Lipinski definition) is 4. The zero-order chi connectivity index (χ0) is 22.1. The number of alkyl halides is 3. The second kappa shape index (κ2) is 13.6. The number of unbranched alkanes of at least 4 members (excludes halogenated alkanes) is 1. The van der Waals surface area contributed by atoms with E-state index < -0.39 is 11.7 Å². The molecule has 2 aliphatic heterocycles. The fourth-order valence-electron chi connectivity index (χ4n) is 4.03. The molecule has 2 N–H and O–H groups in total. The summed E-state index contributed by atoms with van der Waals surface area (Å²) in [5, 5.41) is 6.86. The number of likely N-dealkylation sites (tertiary alicyclic amines) is 1. The van der Waals surface area contributed by atoms with Crippen molar-refractivity contribution >= 4 is 29.9 Å². The molecule has 182 valence electrons. The Morgan fingerprint density at radius 1 is 1.09 bits per heavy atom. The maximum Gasteiger partial charge on any atom is 0.416 e. The molecule has 2 saturated heterocycles. The summed E-state index contributed by atoms with van der Waals surface area (Å²) in [4.78, 5) is 9.03. The first kappa shape index (κ1) is 27.1. The van der Waals surface area contributed by atoms with Gasteiger partial charge in [0.15, 0.2) is 5.96 Å². The Balaban J connectivity index is 0.00000363. The molecule has 2 heterocycles. The summed E-state index contributed by atoms with van der Waals surface area (Å²) in [6.07, 6.45) is -1.07. The Bertz CT molecular complexity index is 696. The first-order valence-electron chi connectivity index (χ1n) is 11.1. The Morgan fingerprint density at radius 3 is 2.47 bits per heavy atom. The third-order valence-electron chi connectivity index (χ3n) is 5.82. The number of aliphatic imine (C=N–C) groups is 1. The highest BCUT2D eigenvalue weighted by Crippen LogP contribution is 2.29. The highest BCUT2D eigenvalue weighted by molar-refractivity contribution is 14.0. The van der Waals surface area contributed by atoms with Crippen LogP contribution in [0.1, 0.15) is 30.4 Å². The number of morpholine rings is 1.